The maximum absolute atomic E-state index is 11.5. The van der Waals surface area contributed by atoms with Crippen molar-refractivity contribution in [2.45, 2.75) is 51.5 Å². The summed E-state index contributed by atoms with van der Waals surface area (Å²) in [6.45, 7) is 11.4. The van der Waals surface area contributed by atoms with E-state index in [0.717, 1.165) is 44.1 Å². The third kappa shape index (κ3) is 9.24. The van der Waals surface area contributed by atoms with Crippen LogP contribution in [-0.4, -0.2) is 53.0 Å². The lowest BCUT2D eigenvalue weighted by Crippen LogP contribution is -2.38. The monoisotopic (exact) mass is 397 g/mol. The summed E-state index contributed by atoms with van der Waals surface area (Å²) in [7, 11) is -3.14. The molecule has 0 saturated carbocycles. The van der Waals surface area contributed by atoms with Crippen LogP contribution in [0, 0.1) is 5.92 Å². The molecule has 1 aromatic rings. The van der Waals surface area contributed by atoms with Crippen LogP contribution >= 0.6 is 0 Å². The summed E-state index contributed by atoms with van der Waals surface area (Å²) in [6.07, 6.45) is 3.14. The molecule has 1 rings (SSSR count). The van der Waals surface area contributed by atoms with Crippen molar-refractivity contribution in [2.24, 2.45) is 10.9 Å². The van der Waals surface area contributed by atoms with E-state index in [-0.39, 0.29) is 6.10 Å². The van der Waals surface area contributed by atoms with E-state index in [2.05, 4.69) is 29.5 Å². The van der Waals surface area contributed by atoms with E-state index < -0.39 is 9.84 Å². The second kappa shape index (κ2) is 12.0. The maximum Gasteiger partial charge on any atom is 0.191 e. The van der Waals surface area contributed by atoms with Gasteiger partial charge in [-0.2, -0.15) is 0 Å². The molecule has 2 N–H and O–H groups in total. The first-order chi connectivity index (χ1) is 12.8. The molecule has 0 aliphatic carbocycles. The van der Waals surface area contributed by atoms with Crippen LogP contribution in [0.5, 0.6) is 0 Å². The molecule has 154 valence electrons. The van der Waals surface area contributed by atoms with Gasteiger partial charge in [0.15, 0.2) is 15.8 Å². The van der Waals surface area contributed by atoms with Crippen molar-refractivity contribution in [1.29, 1.82) is 0 Å². The molecule has 0 aliphatic rings. The molecule has 0 saturated heterocycles. The number of sulfone groups is 1. The number of ether oxygens (including phenoxy) is 1. The zero-order valence-corrected chi connectivity index (χ0v) is 18.1. The Bertz CT molecular complexity index is 670. The first-order valence-electron chi connectivity index (χ1n) is 9.70. The predicted octanol–water partition coefficient (Wildman–Crippen LogP) is 2.64. The lowest BCUT2D eigenvalue weighted by Gasteiger charge is -2.20. The summed E-state index contributed by atoms with van der Waals surface area (Å²) in [5.74, 6) is 1.27. The van der Waals surface area contributed by atoms with Crippen LogP contribution in [0.25, 0.3) is 0 Å². The van der Waals surface area contributed by atoms with Crippen molar-refractivity contribution in [3.05, 3.63) is 29.8 Å². The molecule has 1 aromatic carbocycles. The van der Waals surface area contributed by atoms with Crippen LogP contribution < -0.4 is 10.6 Å². The van der Waals surface area contributed by atoms with Crippen molar-refractivity contribution < 1.29 is 13.2 Å². The Morgan fingerprint density at radius 2 is 1.81 bits per heavy atom. The van der Waals surface area contributed by atoms with Crippen LogP contribution in [0.2, 0.25) is 0 Å². The molecular weight excluding hydrogens is 362 g/mol. The molecule has 0 aromatic heterocycles. The zero-order chi connectivity index (χ0) is 20.3. The van der Waals surface area contributed by atoms with Gasteiger partial charge in [-0.05, 0) is 50.3 Å². The second-order valence-electron chi connectivity index (χ2n) is 6.88. The van der Waals surface area contributed by atoms with Gasteiger partial charge in [0.05, 0.1) is 11.0 Å². The molecule has 6 nitrogen and oxygen atoms in total. The number of nitrogens with zero attached hydrogens (tertiary/aromatic N) is 1. The second-order valence-corrected chi connectivity index (χ2v) is 8.90. The van der Waals surface area contributed by atoms with E-state index in [0.29, 0.717) is 17.4 Å². The van der Waals surface area contributed by atoms with E-state index in [1.165, 1.54) is 6.26 Å². The maximum atomic E-state index is 11.5. The number of guanidine groups is 1. The number of hydrogen-bond donors (Lipinski definition) is 2. The molecule has 1 atom stereocenters. The van der Waals surface area contributed by atoms with Gasteiger partial charge in [0.1, 0.15) is 0 Å². The molecule has 0 heterocycles. The third-order valence-corrected chi connectivity index (χ3v) is 5.34. The van der Waals surface area contributed by atoms with E-state index >= 15 is 0 Å². The summed E-state index contributed by atoms with van der Waals surface area (Å²) in [6, 6.07) is 7.03. The largest absolute Gasteiger partial charge is 0.378 e. The topological polar surface area (TPSA) is 79.8 Å². The molecular formula is C20H35N3O3S. The normalized spacial score (nSPS) is 13.6. The minimum absolute atomic E-state index is 0.231. The number of aliphatic imine (C=N–C) groups is 1. The zero-order valence-electron chi connectivity index (χ0n) is 17.3. The van der Waals surface area contributed by atoms with Gasteiger partial charge in [-0.1, -0.05) is 26.0 Å². The van der Waals surface area contributed by atoms with Crippen LogP contribution in [-0.2, 0) is 21.0 Å². The Balaban J connectivity index is 2.52. The van der Waals surface area contributed by atoms with E-state index in [1.807, 2.05) is 26.0 Å². The Morgan fingerprint density at radius 3 is 2.33 bits per heavy atom. The van der Waals surface area contributed by atoms with Crippen molar-refractivity contribution in [3.63, 3.8) is 0 Å². The Morgan fingerprint density at radius 1 is 1.15 bits per heavy atom. The van der Waals surface area contributed by atoms with Gasteiger partial charge in [0, 0.05) is 32.5 Å². The number of rotatable bonds is 11. The average Bonchev–Trinajstić information content (AvgIpc) is 2.60. The van der Waals surface area contributed by atoms with Crippen LogP contribution in [0.4, 0.5) is 0 Å². The highest BCUT2D eigenvalue weighted by Crippen LogP contribution is 2.11. The highest BCUT2D eigenvalue weighted by Gasteiger charge is 2.12. The minimum Gasteiger partial charge on any atom is -0.378 e. The molecule has 7 heteroatoms. The van der Waals surface area contributed by atoms with Crippen molar-refractivity contribution >= 4 is 15.8 Å². The molecule has 0 fully saturated rings. The molecule has 0 radical (unpaired) electrons. The van der Waals surface area contributed by atoms with Crippen molar-refractivity contribution in [3.8, 4) is 0 Å². The summed E-state index contributed by atoms with van der Waals surface area (Å²) in [5, 5.41) is 6.58. The van der Waals surface area contributed by atoms with Gasteiger partial charge < -0.3 is 15.4 Å². The van der Waals surface area contributed by atoms with Crippen LogP contribution in [0.3, 0.4) is 0 Å². The standard InChI is InChI=1S/C20H35N3O3S/c1-6-21-20(23-15-13-19(16(3)4)26-7-2)22-14-12-17-8-10-18(11-9-17)27(5,24)25/h8-11,16,19H,6-7,12-15H2,1-5H3,(H2,21,22,23). The van der Waals surface area contributed by atoms with Gasteiger partial charge in [-0.15, -0.1) is 0 Å². The highest BCUT2D eigenvalue weighted by atomic mass is 32.2. The third-order valence-electron chi connectivity index (χ3n) is 4.21. The highest BCUT2D eigenvalue weighted by molar-refractivity contribution is 7.90. The Kier molecular flexibility index (Phi) is 10.4. The van der Waals surface area contributed by atoms with Gasteiger partial charge in [-0.3, -0.25) is 4.99 Å². The number of benzene rings is 1. The summed E-state index contributed by atoms with van der Waals surface area (Å²) in [5.41, 5.74) is 1.09. The van der Waals surface area contributed by atoms with E-state index in [1.54, 1.807) is 12.1 Å². The number of hydrogen-bond acceptors (Lipinski definition) is 4. The lowest BCUT2D eigenvalue weighted by molar-refractivity contribution is 0.0266. The van der Waals surface area contributed by atoms with Crippen molar-refractivity contribution in [1.82, 2.24) is 10.6 Å². The lowest BCUT2D eigenvalue weighted by atomic mass is 10.0. The Hall–Kier alpha value is -1.60. The molecule has 0 spiro atoms. The SMILES string of the molecule is CCNC(=NCCC(OCC)C(C)C)NCCc1ccc(S(C)(=O)=O)cc1. The van der Waals surface area contributed by atoms with Gasteiger partial charge in [-0.25, -0.2) is 8.42 Å². The molecule has 0 bridgehead atoms. The molecule has 0 amide bonds. The Labute approximate surface area is 164 Å². The molecule has 1 unspecified atom stereocenters. The average molecular weight is 398 g/mol. The summed E-state index contributed by atoms with van der Waals surface area (Å²) >= 11 is 0. The van der Waals surface area contributed by atoms with Crippen LogP contribution in [0.1, 0.15) is 39.7 Å². The quantitative estimate of drug-likeness (QED) is 0.443. The smallest absolute Gasteiger partial charge is 0.191 e. The fraction of sp³-hybridized carbons (Fsp3) is 0.650. The first-order valence-corrected chi connectivity index (χ1v) is 11.6. The van der Waals surface area contributed by atoms with Gasteiger partial charge >= 0.3 is 0 Å². The van der Waals surface area contributed by atoms with Crippen LogP contribution in [0.15, 0.2) is 34.2 Å². The first kappa shape index (κ1) is 23.4. The fourth-order valence-corrected chi connectivity index (χ4v) is 3.33. The van der Waals surface area contributed by atoms with E-state index in [9.17, 15) is 8.42 Å². The van der Waals surface area contributed by atoms with E-state index in [4.69, 9.17) is 4.74 Å². The molecule has 27 heavy (non-hydrogen) atoms. The van der Waals surface area contributed by atoms with Gasteiger partial charge in [0.2, 0.25) is 0 Å². The summed E-state index contributed by atoms with van der Waals surface area (Å²) < 4.78 is 28.8. The fourth-order valence-electron chi connectivity index (χ4n) is 2.70. The minimum atomic E-state index is -3.14. The molecule has 0 aliphatic heterocycles. The number of nitrogens with one attached hydrogen (secondary N) is 2. The summed E-state index contributed by atoms with van der Waals surface area (Å²) in [4.78, 5) is 4.98. The van der Waals surface area contributed by atoms with Crippen molar-refractivity contribution in [2.75, 3.05) is 32.5 Å². The predicted molar refractivity (Wildman–Crippen MR) is 112 cm³/mol. The van der Waals surface area contributed by atoms with Gasteiger partial charge in [0.25, 0.3) is 0 Å².